The van der Waals surface area contributed by atoms with Gasteiger partial charge in [-0.15, -0.1) is 0 Å². The standard InChI is InChI=1S/C7H12N4/c1-4(2)5-3-10-7(9)11-6(5)8/h3-4H,1-2H3,(H4,8,9,10,11). The van der Waals surface area contributed by atoms with Crippen molar-refractivity contribution in [2.45, 2.75) is 19.8 Å². The largest absolute Gasteiger partial charge is 0.383 e. The average Bonchev–Trinajstić information content (AvgIpc) is 1.85. The van der Waals surface area contributed by atoms with Crippen molar-refractivity contribution in [2.24, 2.45) is 0 Å². The van der Waals surface area contributed by atoms with Crippen molar-refractivity contribution in [2.75, 3.05) is 11.5 Å². The molecule has 0 unspecified atom stereocenters. The van der Waals surface area contributed by atoms with Crippen LogP contribution in [0.2, 0.25) is 0 Å². The second-order valence-electron chi connectivity index (χ2n) is 2.72. The summed E-state index contributed by atoms with van der Waals surface area (Å²) in [5.41, 5.74) is 11.9. The number of hydrogen-bond donors (Lipinski definition) is 2. The van der Waals surface area contributed by atoms with E-state index < -0.39 is 0 Å². The lowest BCUT2D eigenvalue weighted by Gasteiger charge is -2.06. The first-order valence-corrected chi connectivity index (χ1v) is 3.49. The normalized spacial score (nSPS) is 10.5. The molecule has 0 saturated heterocycles. The number of nitrogen functional groups attached to an aromatic ring is 2. The van der Waals surface area contributed by atoms with Gasteiger partial charge in [0.1, 0.15) is 5.82 Å². The molecule has 1 heterocycles. The third-order valence-corrected chi connectivity index (χ3v) is 1.49. The minimum absolute atomic E-state index is 0.229. The summed E-state index contributed by atoms with van der Waals surface area (Å²) in [6.45, 7) is 4.07. The van der Waals surface area contributed by atoms with E-state index in [-0.39, 0.29) is 5.95 Å². The first kappa shape index (κ1) is 7.78. The summed E-state index contributed by atoms with van der Waals surface area (Å²) >= 11 is 0. The van der Waals surface area contributed by atoms with E-state index in [1.165, 1.54) is 0 Å². The van der Waals surface area contributed by atoms with Gasteiger partial charge in [0.25, 0.3) is 0 Å². The smallest absolute Gasteiger partial charge is 0.221 e. The molecule has 0 amide bonds. The molecule has 11 heavy (non-hydrogen) atoms. The summed E-state index contributed by atoms with van der Waals surface area (Å²) in [7, 11) is 0. The highest BCUT2D eigenvalue weighted by atomic mass is 15.0. The summed E-state index contributed by atoms with van der Waals surface area (Å²) in [4.78, 5) is 7.69. The lowest BCUT2D eigenvalue weighted by molar-refractivity contribution is 0.853. The van der Waals surface area contributed by atoms with Gasteiger partial charge in [0, 0.05) is 11.8 Å². The minimum atomic E-state index is 0.229. The molecule has 0 spiro atoms. The van der Waals surface area contributed by atoms with Crippen LogP contribution in [0, 0.1) is 0 Å². The SMILES string of the molecule is CC(C)c1cnc(N)nc1N. The maximum absolute atomic E-state index is 5.59. The molecule has 4 N–H and O–H groups in total. The van der Waals surface area contributed by atoms with E-state index in [1.807, 2.05) is 13.8 Å². The molecule has 4 nitrogen and oxygen atoms in total. The Morgan fingerprint density at radius 3 is 2.45 bits per heavy atom. The Morgan fingerprint density at radius 2 is 2.00 bits per heavy atom. The van der Waals surface area contributed by atoms with E-state index >= 15 is 0 Å². The molecule has 1 aromatic heterocycles. The van der Waals surface area contributed by atoms with E-state index in [9.17, 15) is 0 Å². The van der Waals surface area contributed by atoms with Crippen LogP contribution in [-0.4, -0.2) is 9.97 Å². The highest BCUT2D eigenvalue weighted by molar-refractivity contribution is 5.42. The summed E-state index contributed by atoms with van der Waals surface area (Å²) in [5.74, 6) is 1.05. The first-order valence-electron chi connectivity index (χ1n) is 3.49. The summed E-state index contributed by atoms with van der Waals surface area (Å²) in [5, 5.41) is 0. The van der Waals surface area contributed by atoms with Crippen molar-refractivity contribution in [3.05, 3.63) is 11.8 Å². The van der Waals surface area contributed by atoms with Gasteiger partial charge in [-0.2, -0.15) is 4.98 Å². The zero-order chi connectivity index (χ0) is 8.43. The van der Waals surface area contributed by atoms with Crippen LogP contribution in [0.4, 0.5) is 11.8 Å². The molecule has 0 aliphatic rings. The molecule has 1 aromatic rings. The summed E-state index contributed by atoms with van der Waals surface area (Å²) < 4.78 is 0. The van der Waals surface area contributed by atoms with Gasteiger partial charge in [-0.25, -0.2) is 4.98 Å². The van der Waals surface area contributed by atoms with Crippen LogP contribution in [0.5, 0.6) is 0 Å². The number of nitrogens with zero attached hydrogens (tertiary/aromatic N) is 2. The predicted molar refractivity (Wildman–Crippen MR) is 44.9 cm³/mol. The fourth-order valence-electron chi connectivity index (χ4n) is 0.863. The molecular formula is C7H12N4. The molecule has 4 heteroatoms. The summed E-state index contributed by atoms with van der Waals surface area (Å²) in [6, 6.07) is 0. The van der Waals surface area contributed by atoms with Crippen molar-refractivity contribution >= 4 is 11.8 Å². The van der Waals surface area contributed by atoms with Crippen LogP contribution in [0.25, 0.3) is 0 Å². The predicted octanol–water partition coefficient (Wildman–Crippen LogP) is 0.764. The molecule has 0 bridgehead atoms. The number of rotatable bonds is 1. The van der Waals surface area contributed by atoms with Crippen molar-refractivity contribution in [3.63, 3.8) is 0 Å². The van der Waals surface area contributed by atoms with Crippen LogP contribution < -0.4 is 11.5 Å². The number of nitrogens with two attached hydrogens (primary N) is 2. The lowest BCUT2D eigenvalue weighted by atomic mass is 10.1. The zero-order valence-corrected chi connectivity index (χ0v) is 6.70. The molecule has 0 saturated carbocycles. The van der Waals surface area contributed by atoms with Crippen LogP contribution in [-0.2, 0) is 0 Å². The third-order valence-electron chi connectivity index (χ3n) is 1.49. The maximum Gasteiger partial charge on any atom is 0.221 e. The molecule has 0 radical (unpaired) electrons. The highest BCUT2D eigenvalue weighted by Crippen LogP contribution is 2.18. The Bertz CT molecular complexity index is 257. The third kappa shape index (κ3) is 1.58. The van der Waals surface area contributed by atoms with Crippen LogP contribution in [0.15, 0.2) is 6.20 Å². The second kappa shape index (κ2) is 2.74. The van der Waals surface area contributed by atoms with E-state index in [1.54, 1.807) is 6.20 Å². The van der Waals surface area contributed by atoms with Gasteiger partial charge in [0.05, 0.1) is 0 Å². The van der Waals surface area contributed by atoms with E-state index in [2.05, 4.69) is 9.97 Å². The Balaban J connectivity index is 3.09. The van der Waals surface area contributed by atoms with E-state index in [0.717, 1.165) is 5.56 Å². The van der Waals surface area contributed by atoms with Crippen molar-refractivity contribution in [3.8, 4) is 0 Å². The molecule has 0 atom stereocenters. The van der Waals surface area contributed by atoms with Gasteiger partial charge in [-0.05, 0) is 5.92 Å². The van der Waals surface area contributed by atoms with E-state index in [0.29, 0.717) is 11.7 Å². The molecule has 1 rings (SSSR count). The fraction of sp³-hybridized carbons (Fsp3) is 0.429. The summed E-state index contributed by atoms with van der Waals surface area (Å²) in [6.07, 6.45) is 1.67. The Morgan fingerprint density at radius 1 is 1.36 bits per heavy atom. The Kier molecular flexibility index (Phi) is 1.94. The van der Waals surface area contributed by atoms with Gasteiger partial charge in [0.15, 0.2) is 0 Å². The minimum Gasteiger partial charge on any atom is -0.383 e. The van der Waals surface area contributed by atoms with Crippen molar-refractivity contribution in [1.29, 1.82) is 0 Å². The quantitative estimate of drug-likeness (QED) is 0.622. The number of anilines is 2. The van der Waals surface area contributed by atoms with Crippen molar-refractivity contribution < 1.29 is 0 Å². The number of hydrogen-bond acceptors (Lipinski definition) is 4. The molecule has 60 valence electrons. The first-order chi connectivity index (χ1) is 5.11. The second-order valence-corrected chi connectivity index (χ2v) is 2.72. The molecular weight excluding hydrogens is 140 g/mol. The fourth-order valence-corrected chi connectivity index (χ4v) is 0.863. The van der Waals surface area contributed by atoms with Crippen LogP contribution >= 0.6 is 0 Å². The monoisotopic (exact) mass is 152 g/mol. The Labute approximate surface area is 65.6 Å². The highest BCUT2D eigenvalue weighted by Gasteiger charge is 2.05. The zero-order valence-electron chi connectivity index (χ0n) is 6.70. The average molecular weight is 152 g/mol. The number of aromatic nitrogens is 2. The van der Waals surface area contributed by atoms with Crippen LogP contribution in [0.1, 0.15) is 25.3 Å². The van der Waals surface area contributed by atoms with Gasteiger partial charge in [-0.3, -0.25) is 0 Å². The van der Waals surface area contributed by atoms with Gasteiger partial charge in [-0.1, -0.05) is 13.8 Å². The van der Waals surface area contributed by atoms with Gasteiger partial charge < -0.3 is 11.5 Å². The van der Waals surface area contributed by atoms with Crippen molar-refractivity contribution in [1.82, 2.24) is 9.97 Å². The lowest BCUT2D eigenvalue weighted by Crippen LogP contribution is -2.04. The Hall–Kier alpha value is -1.32. The molecule has 0 aliphatic heterocycles. The molecule has 0 fully saturated rings. The molecule has 0 aromatic carbocycles. The van der Waals surface area contributed by atoms with Crippen LogP contribution in [0.3, 0.4) is 0 Å². The van der Waals surface area contributed by atoms with Gasteiger partial charge >= 0.3 is 0 Å². The molecule has 0 aliphatic carbocycles. The maximum atomic E-state index is 5.59. The van der Waals surface area contributed by atoms with Gasteiger partial charge in [0.2, 0.25) is 5.95 Å². The van der Waals surface area contributed by atoms with E-state index in [4.69, 9.17) is 11.5 Å². The topological polar surface area (TPSA) is 77.8 Å².